The van der Waals surface area contributed by atoms with E-state index in [0.29, 0.717) is 11.5 Å². The lowest BCUT2D eigenvalue weighted by atomic mass is 10.4. The summed E-state index contributed by atoms with van der Waals surface area (Å²) in [7, 11) is 2.08. The number of hydrogen-bond donors (Lipinski definition) is 3. The highest BCUT2D eigenvalue weighted by molar-refractivity contribution is 5.61. The van der Waals surface area contributed by atoms with Gasteiger partial charge in [-0.1, -0.05) is 6.92 Å². The molecule has 0 amide bonds. The minimum atomic E-state index is 0.379. The maximum Gasteiger partial charge on any atom is 0.149 e. The van der Waals surface area contributed by atoms with E-state index in [1.54, 1.807) is 6.07 Å². The Balaban J connectivity index is 2.41. The zero-order valence-electron chi connectivity index (χ0n) is 9.33. The number of hydrogen-bond acceptors (Lipinski definition) is 5. The first-order valence-electron chi connectivity index (χ1n) is 5.08. The summed E-state index contributed by atoms with van der Waals surface area (Å²) >= 11 is 0. The van der Waals surface area contributed by atoms with Crippen LogP contribution in [-0.4, -0.2) is 36.6 Å². The van der Waals surface area contributed by atoms with E-state index in [1.165, 1.54) is 0 Å². The van der Waals surface area contributed by atoms with Crippen LogP contribution in [0, 0.1) is 0 Å². The van der Waals surface area contributed by atoms with Crippen LogP contribution in [0.3, 0.4) is 0 Å². The number of likely N-dealkylation sites (N-methyl/N-ethyl adjacent to an activating group) is 1. The highest BCUT2D eigenvalue weighted by atomic mass is 15.1. The highest BCUT2D eigenvalue weighted by Gasteiger charge is 1.99. The van der Waals surface area contributed by atoms with Gasteiger partial charge in [-0.25, -0.2) is 4.98 Å². The number of anilines is 3. The number of nitrogen functional groups attached to an aromatic ring is 2. The molecule has 0 spiro atoms. The summed E-state index contributed by atoms with van der Waals surface area (Å²) < 4.78 is 0. The van der Waals surface area contributed by atoms with Crippen LogP contribution < -0.4 is 16.8 Å². The summed E-state index contributed by atoms with van der Waals surface area (Å²) in [5.74, 6) is 1.15. The second kappa shape index (κ2) is 5.41. The van der Waals surface area contributed by atoms with Gasteiger partial charge in [0.2, 0.25) is 0 Å². The Morgan fingerprint density at radius 3 is 2.73 bits per heavy atom. The van der Waals surface area contributed by atoms with Gasteiger partial charge in [0.05, 0.1) is 5.69 Å². The molecule has 5 nitrogen and oxygen atoms in total. The average molecular weight is 209 g/mol. The largest absolute Gasteiger partial charge is 0.396 e. The number of pyridine rings is 1. The molecule has 0 aliphatic carbocycles. The number of nitrogens with one attached hydrogen (secondary N) is 1. The van der Waals surface area contributed by atoms with Crippen molar-refractivity contribution >= 4 is 17.3 Å². The van der Waals surface area contributed by atoms with Gasteiger partial charge in [0.15, 0.2) is 0 Å². The minimum Gasteiger partial charge on any atom is -0.396 e. The summed E-state index contributed by atoms with van der Waals surface area (Å²) in [6.07, 6.45) is 0. The molecule has 0 atom stereocenters. The van der Waals surface area contributed by atoms with Gasteiger partial charge in [0.25, 0.3) is 0 Å². The molecule has 0 aliphatic heterocycles. The first-order chi connectivity index (χ1) is 7.13. The van der Waals surface area contributed by atoms with E-state index in [-0.39, 0.29) is 0 Å². The Labute approximate surface area is 90.5 Å². The molecule has 5 heteroatoms. The molecule has 0 bridgehead atoms. The molecular formula is C10H19N5. The van der Waals surface area contributed by atoms with Gasteiger partial charge in [-0.15, -0.1) is 0 Å². The van der Waals surface area contributed by atoms with Crippen LogP contribution in [0.1, 0.15) is 6.92 Å². The van der Waals surface area contributed by atoms with Gasteiger partial charge in [-0.3, -0.25) is 0 Å². The lowest BCUT2D eigenvalue weighted by Gasteiger charge is -2.14. The van der Waals surface area contributed by atoms with Crippen molar-refractivity contribution in [3.05, 3.63) is 12.1 Å². The fourth-order valence-electron chi connectivity index (χ4n) is 1.12. The maximum atomic E-state index is 5.59. The lowest BCUT2D eigenvalue weighted by molar-refractivity contribution is 0.367. The van der Waals surface area contributed by atoms with Crippen molar-refractivity contribution in [1.29, 1.82) is 0 Å². The van der Waals surface area contributed by atoms with Crippen LogP contribution in [0.4, 0.5) is 17.3 Å². The van der Waals surface area contributed by atoms with Gasteiger partial charge in [-0.2, -0.15) is 0 Å². The van der Waals surface area contributed by atoms with Gasteiger partial charge < -0.3 is 21.7 Å². The normalized spacial score (nSPS) is 10.6. The SMILES string of the molecule is CCN(C)CCNc1ccc(N)c(N)n1. The van der Waals surface area contributed by atoms with Crippen molar-refractivity contribution in [1.82, 2.24) is 9.88 Å². The van der Waals surface area contributed by atoms with E-state index in [2.05, 4.69) is 29.2 Å². The monoisotopic (exact) mass is 209 g/mol. The van der Waals surface area contributed by atoms with E-state index in [4.69, 9.17) is 11.5 Å². The van der Waals surface area contributed by atoms with E-state index in [9.17, 15) is 0 Å². The van der Waals surface area contributed by atoms with Crippen LogP contribution in [0.25, 0.3) is 0 Å². The van der Waals surface area contributed by atoms with E-state index in [0.717, 1.165) is 25.5 Å². The molecule has 0 radical (unpaired) electrons. The molecule has 1 aromatic rings. The number of nitrogens with two attached hydrogens (primary N) is 2. The zero-order chi connectivity index (χ0) is 11.3. The number of aromatic nitrogens is 1. The highest BCUT2D eigenvalue weighted by Crippen LogP contribution is 2.14. The second-order valence-corrected chi connectivity index (χ2v) is 3.49. The van der Waals surface area contributed by atoms with E-state index < -0.39 is 0 Å². The topological polar surface area (TPSA) is 80.2 Å². The Kier molecular flexibility index (Phi) is 4.17. The summed E-state index contributed by atoms with van der Waals surface area (Å²) in [6.45, 7) is 4.99. The predicted molar refractivity (Wildman–Crippen MR) is 64.7 cm³/mol. The molecule has 0 fully saturated rings. The van der Waals surface area contributed by atoms with Crippen LogP contribution in [0.2, 0.25) is 0 Å². The smallest absolute Gasteiger partial charge is 0.149 e. The molecule has 5 N–H and O–H groups in total. The summed E-state index contributed by atoms with van der Waals surface area (Å²) in [4.78, 5) is 6.33. The predicted octanol–water partition coefficient (Wildman–Crippen LogP) is 0.610. The Bertz CT molecular complexity index is 313. The Hall–Kier alpha value is -1.49. The third-order valence-corrected chi connectivity index (χ3v) is 2.30. The third-order valence-electron chi connectivity index (χ3n) is 2.30. The molecule has 0 saturated heterocycles. The quantitative estimate of drug-likeness (QED) is 0.662. The molecule has 1 aromatic heterocycles. The molecule has 1 rings (SSSR count). The van der Waals surface area contributed by atoms with E-state index >= 15 is 0 Å². The van der Waals surface area contributed by atoms with Crippen LogP contribution in [-0.2, 0) is 0 Å². The maximum absolute atomic E-state index is 5.59. The minimum absolute atomic E-state index is 0.379. The third kappa shape index (κ3) is 3.63. The van der Waals surface area contributed by atoms with Crippen molar-refractivity contribution in [3.8, 4) is 0 Å². The average Bonchev–Trinajstić information content (AvgIpc) is 2.23. The van der Waals surface area contributed by atoms with Gasteiger partial charge in [0.1, 0.15) is 11.6 Å². The summed E-state index contributed by atoms with van der Waals surface area (Å²) in [5, 5.41) is 3.19. The zero-order valence-corrected chi connectivity index (χ0v) is 9.33. The number of nitrogens with zero attached hydrogens (tertiary/aromatic N) is 2. The van der Waals surface area contributed by atoms with Crippen LogP contribution in [0.5, 0.6) is 0 Å². The van der Waals surface area contributed by atoms with Crippen molar-refractivity contribution in [2.45, 2.75) is 6.92 Å². The van der Waals surface area contributed by atoms with Crippen LogP contribution in [0.15, 0.2) is 12.1 Å². The van der Waals surface area contributed by atoms with E-state index in [1.807, 2.05) is 6.07 Å². The molecule has 15 heavy (non-hydrogen) atoms. The molecule has 0 unspecified atom stereocenters. The molecule has 84 valence electrons. The fourth-order valence-corrected chi connectivity index (χ4v) is 1.12. The molecule has 0 saturated carbocycles. The molecular weight excluding hydrogens is 190 g/mol. The van der Waals surface area contributed by atoms with Gasteiger partial charge in [0, 0.05) is 13.1 Å². The summed E-state index contributed by atoms with van der Waals surface area (Å²) in [6, 6.07) is 3.59. The van der Waals surface area contributed by atoms with Crippen LogP contribution >= 0.6 is 0 Å². The van der Waals surface area contributed by atoms with Crippen molar-refractivity contribution < 1.29 is 0 Å². The first kappa shape index (κ1) is 11.6. The van der Waals surface area contributed by atoms with Gasteiger partial charge in [-0.05, 0) is 25.7 Å². The lowest BCUT2D eigenvalue weighted by Crippen LogP contribution is -2.25. The Morgan fingerprint density at radius 2 is 2.13 bits per heavy atom. The molecule has 0 aliphatic rings. The second-order valence-electron chi connectivity index (χ2n) is 3.49. The first-order valence-corrected chi connectivity index (χ1v) is 5.08. The number of rotatable bonds is 5. The fraction of sp³-hybridized carbons (Fsp3) is 0.500. The summed E-state index contributed by atoms with van der Waals surface area (Å²) in [5.41, 5.74) is 11.7. The van der Waals surface area contributed by atoms with Crippen molar-refractivity contribution in [2.24, 2.45) is 0 Å². The Morgan fingerprint density at radius 1 is 1.40 bits per heavy atom. The molecule has 0 aromatic carbocycles. The van der Waals surface area contributed by atoms with Gasteiger partial charge >= 0.3 is 0 Å². The van der Waals surface area contributed by atoms with Crippen molar-refractivity contribution in [3.63, 3.8) is 0 Å². The van der Waals surface area contributed by atoms with Crippen molar-refractivity contribution in [2.75, 3.05) is 43.5 Å². The molecule has 1 heterocycles. The standard InChI is InChI=1S/C10H19N5/c1-3-15(2)7-6-13-9-5-4-8(11)10(12)14-9/h4-5H,3,6-7,11H2,1-2H3,(H3,12,13,14).